The fourth-order valence-corrected chi connectivity index (χ4v) is 4.65. The Labute approximate surface area is 236 Å². The summed E-state index contributed by atoms with van der Waals surface area (Å²) in [6.07, 6.45) is -1.61. The van der Waals surface area contributed by atoms with Crippen molar-refractivity contribution >= 4 is 47.8 Å². The van der Waals surface area contributed by atoms with Gasteiger partial charge in [0, 0.05) is 12.8 Å². The molecule has 0 radical (unpaired) electrons. The predicted molar refractivity (Wildman–Crippen MR) is 129 cm³/mol. The summed E-state index contributed by atoms with van der Waals surface area (Å²) in [5.41, 5.74) is 0. The Morgan fingerprint density at radius 1 is 0.452 bits per heavy atom. The molecule has 0 saturated carbocycles. The molecule has 0 saturated heterocycles. The molecule has 0 aromatic heterocycles. The third-order valence-corrected chi connectivity index (χ3v) is 6.22. The molecule has 0 aliphatic rings. The number of rotatable bonds is 25. The minimum atomic E-state index is -1.98. The van der Waals surface area contributed by atoms with Gasteiger partial charge in [-0.1, -0.05) is 0 Å². The summed E-state index contributed by atoms with van der Waals surface area (Å²) in [5, 5.41) is 75.4. The van der Waals surface area contributed by atoms with Gasteiger partial charge in [0.05, 0.1) is 13.2 Å². The first kappa shape index (κ1) is 37.6. The van der Waals surface area contributed by atoms with Crippen molar-refractivity contribution < 1.29 is 97.6 Å². The van der Waals surface area contributed by atoms with Crippen LogP contribution in [0.25, 0.3) is 0 Å². The maximum atomic E-state index is 12.4. The number of hydrogen-bond donors (Lipinski definition) is 8. The topological polar surface area (TPSA) is 317 Å². The van der Waals surface area contributed by atoms with Crippen molar-refractivity contribution in [3.63, 3.8) is 0 Å². The van der Waals surface area contributed by atoms with Crippen molar-refractivity contribution in [2.24, 2.45) is 0 Å². The van der Waals surface area contributed by atoms with Crippen LogP contribution in [0.2, 0.25) is 0 Å². The average molecular weight is 615 g/mol. The molecule has 0 aliphatic carbocycles. The first-order valence-corrected chi connectivity index (χ1v) is 12.0. The number of carboxylic acids is 8. The lowest BCUT2D eigenvalue weighted by atomic mass is 9.98. The van der Waals surface area contributed by atoms with E-state index in [4.69, 9.17) is 19.7 Å². The van der Waals surface area contributed by atoms with E-state index in [0.717, 1.165) is 0 Å². The second kappa shape index (κ2) is 17.4. The molecule has 0 rings (SSSR count). The summed E-state index contributed by atoms with van der Waals surface area (Å²) in [4.78, 5) is 93.0. The highest BCUT2D eigenvalue weighted by Gasteiger charge is 2.50. The Kier molecular flexibility index (Phi) is 15.6. The quantitative estimate of drug-likeness (QED) is 0.0371. The van der Waals surface area contributed by atoms with Gasteiger partial charge in [0.2, 0.25) is 0 Å². The van der Waals surface area contributed by atoms with E-state index in [2.05, 4.69) is 0 Å². The molecule has 238 valence electrons. The molecule has 20 heteroatoms. The standard InChI is InChI=1S/C22H32N2O18/c25-15(26)7-23(8-16(27)28,3-5-41-11-19(33)34)13(21(37)38)1-2-14(22(39)40)24(9-17(29)30,10-18(31)32)4-6-42-12-20(35)36/h13-14H,1-12H2,(H6-2,25,26,27,28,29,30,31,32,33,34,35,36,37,38,39,40)/p+2. The number of aliphatic carboxylic acids is 8. The second-order valence-electron chi connectivity index (χ2n) is 9.27. The van der Waals surface area contributed by atoms with Crippen molar-refractivity contribution in [1.29, 1.82) is 0 Å². The number of carboxylic acid groups (broad SMARTS) is 8. The Hall–Kier alpha value is -4.40. The van der Waals surface area contributed by atoms with Gasteiger partial charge in [0.1, 0.15) is 26.3 Å². The zero-order valence-electron chi connectivity index (χ0n) is 22.2. The molecular formula is C22H34N2O18+2. The van der Waals surface area contributed by atoms with Crippen LogP contribution >= 0.6 is 0 Å². The number of hydrogen-bond acceptors (Lipinski definition) is 10. The van der Waals surface area contributed by atoms with Gasteiger partial charge in [0.15, 0.2) is 38.3 Å². The van der Waals surface area contributed by atoms with E-state index in [9.17, 15) is 69.0 Å². The number of ether oxygens (including phenoxy) is 2. The average Bonchev–Trinajstić information content (AvgIpc) is 2.79. The zero-order valence-corrected chi connectivity index (χ0v) is 22.2. The van der Waals surface area contributed by atoms with Crippen LogP contribution in [0.4, 0.5) is 0 Å². The van der Waals surface area contributed by atoms with Gasteiger partial charge in [-0.3, -0.25) is 8.97 Å². The van der Waals surface area contributed by atoms with Crippen molar-refractivity contribution in [1.82, 2.24) is 0 Å². The lowest BCUT2D eigenvalue weighted by Gasteiger charge is -2.43. The van der Waals surface area contributed by atoms with E-state index in [1.165, 1.54) is 0 Å². The van der Waals surface area contributed by atoms with Crippen LogP contribution in [0.15, 0.2) is 0 Å². The molecule has 0 fully saturated rings. The summed E-state index contributed by atoms with van der Waals surface area (Å²) in [5.74, 6) is -13.1. The maximum Gasteiger partial charge on any atom is 0.362 e. The molecule has 0 bridgehead atoms. The fourth-order valence-electron chi connectivity index (χ4n) is 4.65. The second-order valence-corrected chi connectivity index (χ2v) is 9.27. The van der Waals surface area contributed by atoms with E-state index in [1.807, 2.05) is 0 Å². The highest BCUT2D eigenvalue weighted by atomic mass is 16.5. The molecule has 0 heterocycles. The van der Waals surface area contributed by atoms with Gasteiger partial charge in [-0.15, -0.1) is 0 Å². The van der Waals surface area contributed by atoms with Crippen LogP contribution in [0.1, 0.15) is 12.8 Å². The van der Waals surface area contributed by atoms with Crippen LogP contribution in [0, 0.1) is 0 Å². The lowest BCUT2D eigenvalue weighted by molar-refractivity contribution is -0.937. The lowest BCUT2D eigenvalue weighted by Crippen LogP contribution is -2.66. The molecule has 0 aromatic rings. The largest absolute Gasteiger partial charge is 0.480 e. The molecule has 8 N–H and O–H groups in total. The Balaban J connectivity index is 6.65. The first-order valence-electron chi connectivity index (χ1n) is 12.0. The number of quaternary nitrogens is 2. The third-order valence-electron chi connectivity index (χ3n) is 6.22. The molecular weight excluding hydrogens is 580 g/mol. The first-order chi connectivity index (χ1) is 19.4. The Bertz CT molecular complexity index is 915. The van der Waals surface area contributed by atoms with Gasteiger partial charge < -0.3 is 50.3 Å². The van der Waals surface area contributed by atoms with E-state index < -0.39 is 147 Å². The number of carbonyl (C=O) groups is 8. The van der Waals surface area contributed by atoms with Crippen LogP contribution in [-0.2, 0) is 47.8 Å². The fraction of sp³-hybridized carbons (Fsp3) is 0.636. The van der Waals surface area contributed by atoms with Gasteiger partial charge >= 0.3 is 47.8 Å². The molecule has 0 amide bonds. The van der Waals surface area contributed by atoms with Gasteiger partial charge in [-0.05, 0) is 0 Å². The highest BCUT2D eigenvalue weighted by Crippen LogP contribution is 2.25. The highest BCUT2D eigenvalue weighted by molar-refractivity contribution is 5.77. The molecule has 2 unspecified atom stereocenters. The molecule has 0 aliphatic heterocycles. The van der Waals surface area contributed by atoms with Crippen molar-refractivity contribution in [3.05, 3.63) is 0 Å². The van der Waals surface area contributed by atoms with E-state index >= 15 is 0 Å². The van der Waals surface area contributed by atoms with E-state index in [0.29, 0.717) is 0 Å². The monoisotopic (exact) mass is 614 g/mol. The van der Waals surface area contributed by atoms with Crippen LogP contribution in [-0.4, -0.2) is 175 Å². The van der Waals surface area contributed by atoms with Crippen LogP contribution in [0.5, 0.6) is 0 Å². The summed E-state index contributed by atoms with van der Waals surface area (Å²) in [6.45, 7) is -8.84. The minimum absolute atomic E-state index is 0.613. The van der Waals surface area contributed by atoms with Gasteiger partial charge in [-0.25, -0.2) is 38.4 Å². The molecule has 20 nitrogen and oxygen atoms in total. The number of nitrogens with zero attached hydrogens (tertiary/aromatic N) is 2. The molecule has 42 heavy (non-hydrogen) atoms. The third kappa shape index (κ3) is 13.3. The molecule has 0 spiro atoms. The zero-order chi connectivity index (χ0) is 32.7. The SMILES string of the molecule is O=C(O)COCC[N+](CC(=O)O)(CC(=O)O)C(CCC(C(=O)O)[N+](CCOCC(=O)O)(CC(=O)O)CC(=O)O)C(=O)O. The normalized spacial score (nSPS) is 13.0. The predicted octanol–water partition coefficient (Wildman–Crippen LogP) is -3.15. The van der Waals surface area contributed by atoms with Crippen molar-refractivity contribution in [3.8, 4) is 0 Å². The van der Waals surface area contributed by atoms with Gasteiger partial charge in [0.25, 0.3) is 0 Å². The van der Waals surface area contributed by atoms with Crippen molar-refractivity contribution in [2.45, 2.75) is 24.9 Å². The van der Waals surface area contributed by atoms with E-state index in [1.54, 1.807) is 0 Å². The van der Waals surface area contributed by atoms with E-state index in [-0.39, 0.29) is 0 Å². The van der Waals surface area contributed by atoms with Crippen LogP contribution < -0.4 is 0 Å². The van der Waals surface area contributed by atoms with Gasteiger partial charge in [-0.2, -0.15) is 0 Å². The molecule has 2 atom stereocenters. The summed E-state index contributed by atoms with van der Waals surface area (Å²) < 4.78 is 7.14. The van der Waals surface area contributed by atoms with Crippen LogP contribution in [0.3, 0.4) is 0 Å². The minimum Gasteiger partial charge on any atom is -0.480 e. The summed E-state index contributed by atoms with van der Waals surface area (Å²) >= 11 is 0. The Morgan fingerprint density at radius 3 is 0.905 bits per heavy atom. The molecule has 0 aromatic carbocycles. The maximum absolute atomic E-state index is 12.4. The Morgan fingerprint density at radius 2 is 0.714 bits per heavy atom. The smallest absolute Gasteiger partial charge is 0.362 e. The summed E-state index contributed by atoms with van der Waals surface area (Å²) in [7, 11) is 0. The summed E-state index contributed by atoms with van der Waals surface area (Å²) in [6, 6.07) is -3.96. The van der Waals surface area contributed by atoms with Crippen molar-refractivity contribution in [2.75, 3.05) is 65.7 Å².